The predicted octanol–water partition coefficient (Wildman–Crippen LogP) is 0.197. The molecular weight excluding hydrogens is 247 g/mol. The minimum Gasteiger partial charge on any atom is -0.396 e. The van der Waals surface area contributed by atoms with Gasteiger partial charge in [0.2, 0.25) is 0 Å². The molecule has 0 spiro atoms. The number of nitrogens with zero attached hydrogens (tertiary/aromatic N) is 3. The Morgan fingerprint density at radius 1 is 1.47 bits per heavy atom. The Hall–Kier alpha value is -1.70. The van der Waals surface area contributed by atoms with E-state index in [4.69, 9.17) is 5.73 Å². The molecule has 0 amide bonds. The molecule has 0 atom stereocenters. The van der Waals surface area contributed by atoms with Crippen molar-refractivity contribution in [3.05, 3.63) is 17.9 Å². The van der Waals surface area contributed by atoms with Crippen molar-refractivity contribution in [3.63, 3.8) is 0 Å². The molecule has 0 aliphatic heterocycles. The van der Waals surface area contributed by atoms with Gasteiger partial charge in [0.25, 0.3) is 0 Å². The average molecular weight is 258 g/mol. The largest absolute Gasteiger partial charge is 0.396 e. The number of fused-ring (bicyclic) bond motifs is 1. The van der Waals surface area contributed by atoms with E-state index in [1.165, 1.54) is 16.8 Å². The van der Waals surface area contributed by atoms with Gasteiger partial charge in [-0.2, -0.15) is 0 Å². The number of anilines is 1. The van der Waals surface area contributed by atoms with Gasteiger partial charge in [0.1, 0.15) is 21.2 Å². The van der Waals surface area contributed by atoms with Crippen molar-refractivity contribution < 1.29 is 12.8 Å². The highest BCUT2D eigenvalue weighted by Crippen LogP contribution is 2.18. The molecule has 1 aromatic carbocycles. The fourth-order valence-corrected chi connectivity index (χ4v) is 1.93. The van der Waals surface area contributed by atoms with Gasteiger partial charge in [-0.15, -0.1) is 5.10 Å². The summed E-state index contributed by atoms with van der Waals surface area (Å²) in [5, 5.41) is 7.55. The van der Waals surface area contributed by atoms with Crippen molar-refractivity contribution in [2.75, 3.05) is 17.7 Å². The van der Waals surface area contributed by atoms with Gasteiger partial charge in [0.05, 0.1) is 23.5 Å². The van der Waals surface area contributed by atoms with E-state index in [0.717, 1.165) is 6.26 Å². The van der Waals surface area contributed by atoms with Gasteiger partial charge in [-0.05, 0) is 6.07 Å². The molecule has 0 unspecified atom stereocenters. The van der Waals surface area contributed by atoms with E-state index in [9.17, 15) is 12.8 Å². The van der Waals surface area contributed by atoms with Crippen LogP contribution in [0.15, 0.2) is 12.1 Å². The van der Waals surface area contributed by atoms with Gasteiger partial charge >= 0.3 is 0 Å². The third-order valence-electron chi connectivity index (χ3n) is 2.31. The number of rotatable bonds is 3. The van der Waals surface area contributed by atoms with Gasteiger partial charge in [0.15, 0.2) is 0 Å². The number of sulfone groups is 1. The molecule has 0 radical (unpaired) electrons. The lowest BCUT2D eigenvalue weighted by molar-refractivity contribution is 0.584. The molecule has 0 fully saturated rings. The molecule has 2 aromatic rings. The smallest absolute Gasteiger partial charge is 0.149 e. The van der Waals surface area contributed by atoms with Crippen LogP contribution < -0.4 is 5.73 Å². The van der Waals surface area contributed by atoms with Crippen molar-refractivity contribution in [1.29, 1.82) is 0 Å². The molecule has 0 aliphatic carbocycles. The average Bonchev–Trinajstić information content (AvgIpc) is 2.57. The first-order valence-electron chi connectivity index (χ1n) is 4.83. The fraction of sp³-hybridized carbons (Fsp3) is 0.333. The molecule has 0 saturated heterocycles. The minimum atomic E-state index is -3.09. The zero-order valence-corrected chi connectivity index (χ0v) is 9.91. The Labute approximate surface area is 97.1 Å². The molecule has 1 heterocycles. The van der Waals surface area contributed by atoms with E-state index in [0.29, 0.717) is 11.0 Å². The van der Waals surface area contributed by atoms with Crippen LogP contribution in [0.4, 0.5) is 10.1 Å². The second kappa shape index (κ2) is 3.95. The number of nitrogens with two attached hydrogens (primary N) is 1. The summed E-state index contributed by atoms with van der Waals surface area (Å²) in [4.78, 5) is 0. The van der Waals surface area contributed by atoms with Crippen LogP contribution in [0.2, 0.25) is 0 Å². The molecule has 1 aromatic heterocycles. The normalized spacial score (nSPS) is 12.1. The van der Waals surface area contributed by atoms with Crippen molar-refractivity contribution >= 4 is 26.6 Å². The third-order valence-corrected chi connectivity index (χ3v) is 3.23. The molecule has 17 heavy (non-hydrogen) atoms. The highest BCUT2D eigenvalue weighted by molar-refractivity contribution is 7.90. The summed E-state index contributed by atoms with van der Waals surface area (Å²) in [6.07, 6.45) is 1.13. The summed E-state index contributed by atoms with van der Waals surface area (Å²) >= 11 is 0. The van der Waals surface area contributed by atoms with Crippen LogP contribution in [0.1, 0.15) is 0 Å². The summed E-state index contributed by atoms with van der Waals surface area (Å²) in [7, 11) is -3.09. The topological polar surface area (TPSA) is 90.9 Å². The Bertz CT molecular complexity index is 665. The first-order valence-corrected chi connectivity index (χ1v) is 6.89. The molecule has 6 nitrogen and oxygen atoms in total. The Kier molecular flexibility index (Phi) is 2.74. The minimum absolute atomic E-state index is 0.00679. The van der Waals surface area contributed by atoms with Crippen molar-refractivity contribution in [3.8, 4) is 0 Å². The first kappa shape index (κ1) is 11.8. The standard InChI is InChI=1S/C9H11FN4O2S/c1-17(15,16)3-2-14-9-4-6(10)7(11)5-8(9)12-13-14/h4-5H,2-3,11H2,1H3. The molecule has 0 bridgehead atoms. The number of aryl methyl sites for hydroxylation is 1. The molecule has 92 valence electrons. The molecule has 0 aliphatic rings. The highest BCUT2D eigenvalue weighted by Gasteiger charge is 2.10. The maximum Gasteiger partial charge on any atom is 0.149 e. The fourth-order valence-electron chi connectivity index (χ4n) is 1.42. The monoisotopic (exact) mass is 258 g/mol. The van der Waals surface area contributed by atoms with Crippen LogP contribution in [0, 0.1) is 5.82 Å². The van der Waals surface area contributed by atoms with Crippen LogP contribution in [-0.2, 0) is 16.4 Å². The summed E-state index contributed by atoms with van der Waals surface area (Å²) < 4.78 is 36.7. The maximum atomic E-state index is 13.3. The number of aromatic nitrogens is 3. The van der Waals surface area contributed by atoms with E-state index >= 15 is 0 Å². The third kappa shape index (κ3) is 2.52. The molecular formula is C9H11FN4O2S. The zero-order valence-electron chi connectivity index (χ0n) is 9.09. The van der Waals surface area contributed by atoms with Crippen LogP contribution in [0.5, 0.6) is 0 Å². The van der Waals surface area contributed by atoms with E-state index < -0.39 is 15.7 Å². The van der Waals surface area contributed by atoms with E-state index in [2.05, 4.69) is 10.3 Å². The van der Waals surface area contributed by atoms with Gasteiger partial charge in [-0.1, -0.05) is 5.21 Å². The second-order valence-corrected chi connectivity index (χ2v) is 6.06. The lowest BCUT2D eigenvalue weighted by Gasteiger charge is -2.01. The van der Waals surface area contributed by atoms with Crippen LogP contribution >= 0.6 is 0 Å². The number of nitrogen functional groups attached to an aromatic ring is 1. The van der Waals surface area contributed by atoms with Crippen LogP contribution in [-0.4, -0.2) is 35.4 Å². The highest BCUT2D eigenvalue weighted by atomic mass is 32.2. The Morgan fingerprint density at radius 2 is 2.18 bits per heavy atom. The SMILES string of the molecule is CS(=O)(=O)CCn1nnc2cc(N)c(F)cc21. The summed E-state index contributed by atoms with van der Waals surface area (Å²) in [6.45, 7) is 0.138. The maximum absolute atomic E-state index is 13.3. The van der Waals surface area contributed by atoms with Gasteiger partial charge < -0.3 is 5.73 Å². The van der Waals surface area contributed by atoms with Crippen molar-refractivity contribution in [2.45, 2.75) is 6.54 Å². The first-order chi connectivity index (χ1) is 7.87. The van der Waals surface area contributed by atoms with Gasteiger partial charge in [0, 0.05) is 12.3 Å². The predicted molar refractivity (Wildman–Crippen MR) is 61.6 cm³/mol. The summed E-state index contributed by atoms with van der Waals surface area (Å²) in [5.74, 6) is -0.641. The number of benzene rings is 1. The van der Waals surface area contributed by atoms with E-state index in [1.807, 2.05) is 0 Å². The second-order valence-electron chi connectivity index (χ2n) is 3.80. The van der Waals surface area contributed by atoms with Crippen molar-refractivity contribution in [1.82, 2.24) is 15.0 Å². The number of hydrogen-bond donors (Lipinski definition) is 1. The Morgan fingerprint density at radius 3 is 2.82 bits per heavy atom. The lowest BCUT2D eigenvalue weighted by Crippen LogP contribution is -2.12. The van der Waals surface area contributed by atoms with Crippen molar-refractivity contribution in [2.24, 2.45) is 0 Å². The summed E-state index contributed by atoms with van der Waals surface area (Å²) in [6, 6.07) is 2.57. The molecule has 0 saturated carbocycles. The molecule has 2 N–H and O–H groups in total. The van der Waals surface area contributed by atoms with E-state index in [-0.39, 0.29) is 18.0 Å². The van der Waals surface area contributed by atoms with Crippen LogP contribution in [0.3, 0.4) is 0 Å². The van der Waals surface area contributed by atoms with Gasteiger partial charge in [-0.3, -0.25) is 0 Å². The Balaban J connectivity index is 2.39. The quantitative estimate of drug-likeness (QED) is 0.794. The molecule has 8 heteroatoms. The zero-order chi connectivity index (χ0) is 12.6. The van der Waals surface area contributed by atoms with E-state index in [1.54, 1.807) is 0 Å². The molecule has 2 rings (SSSR count). The lowest BCUT2D eigenvalue weighted by atomic mass is 10.2. The van der Waals surface area contributed by atoms with Gasteiger partial charge in [-0.25, -0.2) is 17.5 Å². The summed E-state index contributed by atoms with van der Waals surface area (Å²) in [5.41, 5.74) is 6.26. The number of halogens is 1. The van der Waals surface area contributed by atoms with Crippen LogP contribution in [0.25, 0.3) is 11.0 Å². The number of hydrogen-bond acceptors (Lipinski definition) is 5.